The van der Waals surface area contributed by atoms with Crippen LogP contribution in [0, 0.1) is 0 Å². The van der Waals surface area contributed by atoms with Crippen LogP contribution in [-0.4, -0.2) is 35.6 Å². The van der Waals surface area contributed by atoms with Crippen LogP contribution in [0.25, 0.3) is 0 Å². The first-order chi connectivity index (χ1) is 9.11. The molecule has 4 heteroatoms. The van der Waals surface area contributed by atoms with Gasteiger partial charge in [-0.25, -0.2) is 0 Å². The molecule has 19 heavy (non-hydrogen) atoms. The number of nitrogens with one attached hydrogen (secondary N) is 1. The van der Waals surface area contributed by atoms with Crippen LogP contribution >= 0.6 is 0 Å². The second-order valence-corrected chi connectivity index (χ2v) is 5.45. The zero-order valence-electron chi connectivity index (χ0n) is 11.6. The molecule has 3 N–H and O–H groups in total. The third-order valence-corrected chi connectivity index (χ3v) is 3.74. The van der Waals surface area contributed by atoms with Crippen LogP contribution in [0.1, 0.15) is 37.4 Å². The van der Waals surface area contributed by atoms with Crippen LogP contribution in [0.5, 0.6) is 5.75 Å². The first-order valence-electron chi connectivity index (χ1n) is 6.87. The summed E-state index contributed by atoms with van der Waals surface area (Å²) in [4.78, 5) is 0. The lowest BCUT2D eigenvalue weighted by Gasteiger charge is -2.32. The highest BCUT2D eigenvalue weighted by atomic mass is 16.5. The minimum absolute atomic E-state index is 0.0892. The van der Waals surface area contributed by atoms with Gasteiger partial charge in [-0.3, -0.25) is 0 Å². The number of aliphatic hydroxyl groups is 2. The number of hydrogen-bond donors (Lipinski definition) is 3. The van der Waals surface area contributed by atoms with Crippen molar-refractivity contribution in [2.24, 2.45) is 0 Å². The molecule has 0 aliphatic carbocycles. The average molecular weight is 265 g/mol. The van der Waals surface area contributed by atoms with Crippen molar-refractivity contribution in [1.29, 1.82) is 0 Å². The first kappa shape index (κ1) is 14.3. The van der Waals surface area contributed by atoms with E-state index in [0.717, 1.165) is 25.2 Å². The molecule has 1 aromatic rings. The van der Waals surface area contributed by atoms with Gasteiger partial charge in [-0.2, -0.15) is 0 Å². The molecule has 0 spiro atoms. The van der Waals surface area contributed by atoms with Crippen molar-refractivity contribution >= 4 is 0 Å². The van der Waals surface area contributed by atoms with Crippen molar-refractivity contribution in [2.45, 2.75) is 38.3 Å². The van der Waals surface area contributed by atoms with E-state index in [1.807, 2.05) is 13.0 Å². The maximum absolute atomic E-state index is 9.39. The number of hydrogen-bond acceptors (Lipinski definition) is 4. The lowest BCUT2D eigenvalue weighted by molar-refractivity contribution is 0.0932. The maximum Gasteiger partial charge on any atom is 0.122 e. The summed E-state index contributed by atoms with van der Waals surface area (Å²) in [5, 5.41) is 22.1. The van der Waals surface area contributed by atoms with Gasteiger partial charge in [-0.15, -0.1) is 0 Å². The van der Waals surface area contributed by atoms with Crippen LogP contribution in [0.4, 0.5) is 0 Å². The van der Waals surface area contributed by atoms with Crippen molar-refractivity contribution in [3.05, 3.63) is 29.3 Å². The smallest absolute Gasteiger partial charge is 0.122 e. The Morgan fingerprint density at radius 2 is 2.11 bits per heavy atom. The van der Waals surface area contributed by atoms with Gasteiger partial charge in [0.2, 0.25) is 0 Å². The fraction of sp³-hybridized carbons (Fsp3) is 0.600. The minimum Gasteiger partial charge on any atom is -0.493 e. The van der Waals surface area contributed by atoms with Gasteiger partial charge in [0.1, 0.15) is 5.75 Å². The molecule has 1 atom stereocenters. The SMILES string of the molecule is CCC(NC(C)(CO)CO)c1ccc2c(c1)CCO2. The predicted molar refractivity (Wildman–Crippen MR) is 74.4 cm³/mol. The van der Waals surface area contributed by atoms with E-state index in [4.69, 9.17) is 4.74 Å². The van der Waals surface area contributed by atoms with Crippen molar-refractivity contribution in [3.8, 4) is 5.75 Å². The van der Waals surface area contributed by atoms with E-state index in [-0.39, 0.29) is 19.3 Å². The van der Waals surface area contributed by atoms with Gasteiger partial charge < -0.3 is 20.3 Å². The summed E-state index contributed by atoms with van der Waals surface area (Å²) in [5.41, 5.74) is 1.77. The Balaban J connectivity index is 2.18. The fourth-order valence-corrected chi connectivity index (χ4v) is 2.41. The predicted octanol–water partition coefficient (Wildman–Crippen LogP) is 1.41. The van der Waals surface area contributed by atoms with Crippen LogP contribution in [-0.2, 0) is 6.42 Å². The molecule has 0 radical (unpaired) electrons. The third kappa shape index (κ3) is 3.08. The summed E-state index contributed by atoms with van der Waals surface area (Å²) >= 11 is 0. The Labute approximate surface area is 114 Å². The summed E-state index contributed by atoms with van der Waals surface area (Å²) in [6, 6.07) is 6.35. The molecule has 0 fully saturated rings. The lowest BCUT2D eigenvalue weighted by atomic mass is 9.96. The molecule has 1 unspecified atom stereocenters. The Morgan fingerprint density at radius 3 is 2.74 bits per heavy atom. The van der Waals surface area contributed by atoms with Crippen molar-refractivity contribution in [2.75, 3.05) is 19.8 Å². The van der Waals surface area contributed by atoms with Gasteiger partial charge in [-0.05, 0) is 30.5 Å². The topological polar surface area (TPSA) is 61.7 Å². The van der Waals surface area contributed by atoms with E-state index in [9.17, 15) is 10.2 Å². The van der Waals surface area contributed by atoms with Gasteiger partial charge in [0.05, 0.1) is 25.4 Å². The van der Waals surface area contributed by atoms with Crippen LogP contribution < -0.4 is 10.1 Å². The second-order valence-electron chi connectivity index (χ2n) is 5.45. The van der Waals surface area contributed by atoms with E-state index in [1.54, 1.807) is 0 Å². The monoisotopic (exact) mass is 265 g/mol. The number of ether oxygens (including phenoxy) is 1. The third-order valence-electron chi connectivity index (χ3n) is 3.74. The van der Waals surface area contributed by atoms with Gasteiger partial charge in [0.15, 0.2) is 0 Å². The Kier molecular flexibility index (Phi) is 4.45. The maximum atomic E-state index is 9.39. The van der Waals surface area contributed by atoms with E-state index in [2.05, 4.69) is 24.4 Å². The van der Waals surface area contributed by atoms with Crippen LogP contribution in [0.3, 0.4) is 0 Å². The molecule has 0 saturated heterocycles. The highest BCUT2D eigenvalue weighted by Gasteiger charge is 2.26. The van der Waals surface area contributed by atoms with E-state index < -0.39 is 5.54 Å². The molecular weight excluding hydrogens is 242 g/mol. The molecule has 1 aliphatic rings. The fourth-order valence-electron chi connectivity index (χ4n) is 2.41. The zero-order chi connectivity index (χ0) is 13.9. The lowest BCUT2D eigenvalue weighted by Crippen LogP contribution is -2.50. The summed E-state index contributed by atoms with van der Waals surface area (Å²) in [6.45, 7) is 4.50. The Hall–Kier alpha value is -1.10. The second kappa shape index (κ2) is 5.90. The highest BCUT2D eigenvalue weighted by molar-refractivity contribution is 5.40. The first-order valence-corrected chi connectivity index (χ1v) is 6.87. The minimum atomic E-state index is -0.657. The Bertz CT molecular complexity index is 429. The van der Waals surface area contributed by atoms with Crippen molar-refractivity contribution in [3.63, 3.8) is 0 Å². The Morgan fingerprint density at radius 1 is 1.37 bits per heavy atom. The molecule has 2 rings (SSSR count). The van der Waals surface area contributed by atoms with E-state index in [1.165, 1.54) is 11.1 Å². The molecular formula is C15H23NO3. The highest BCUT2D eigenvalue weighted by Crippen LogP contribution is 2.29. The molecule has 0 saturated carbocycles. The van der Waals surface area contributed by atoms with E-state index in [0.29, 0.717) is 0 Å². The summed E-state index contributed by atoms with van der Waals surface area (Å²) < 4.78 is 5.51. The van der Waals surface area contributed by atoms with Gasteiger partial charge in [-0.1, -0.05) is 19.1 Å². The molecule has 0 bridgehead atoms. The molecule has 1 aromatic carbocycles. The summed E-state index contributed by atoms with van der Waals surface area (Å²) in [6.07, 6.45) is 1.85. The summed E-state index contributed by atoms with van der Waals surface area (Å²) in [5.74, 6) is 0.977. The number of aliphatic hydroxyl groups excluding tert-OH is 2. The molecule has 106 valence electrons. The van der Waals surface area contributed by atoms with Gasteiger partial charge in [0, 0.05) is 12.5 Å². The largest absolute Gasteiger partial charge is 0.493 e. The van der Waals surface area contributed by atoms with Crippen LogP contribution in [0.15, 0.2) is 18.2 Å². The average Bonchev–Trinajstić information content (AvgIpc) is 2.91. The molecule has 0 amide bonds. The summed E-state index contributed by atoms with van der Waals surface area (Å²) in [7, 11) is 0. The van der Waals surface area contributed by atoms with Crippen LogP contribution in [0.2, 0.25) is 0 Å². The molecule has 4 nitrogen and oxygen atoms in total. The van der Waals surface area contributed by atoms with Gasteiger partial charge >= 0.3 is 0 Å². The van der Waals surface area contributed by atoms with E-state index >= 15 is 0 Å². The quantitative estimate of drug-likeness (QED) is 0.728. The number of benzene rings is 1. The van der Waals surface area contributed by atoms with Crippen molar-refractivity contribution < 1.29 is 14.9 Å². The number of fused-ring (bicyclic) bond motifs is 1. The molecule has 0 aromatic heterocycles. The normalized spacial score (nSPS) is 16.0. The zero-order valence-corrected chi connectivity index (χ0v) is 11.6. The van der Waals surface area contributed by atoms with Gasteiger partial charge in [0.25, 0.3) is 0 Å². The number of rotatable bonds is 6. The van der Waals surface area contributed by atoms with Crippen molar-refractivity contribution in [1.82, 2.24) is 5.32 Å². The standard InChI is InChI=1S/C15H23NO3/c1-3-13(16-15(2,9-17)10-18)11-4-5-14-12(8-11)6-7-19-14/h4-5,8,13,16-18H,3,6-7,9-10H2,1-2H3. The molecule has 1 aliphatic heterocycles. The molecule has 1 heterocycles.